The fourth-order valence-corrected chi connectivity index (χ4v) is 1.13. The lowest BCUT2D eigenvalue weighted by Crippen LogP contribution is -2.32. The molecule has 0 aliphatic carbocycles. The van der Waals surface area contributed by atoms with E-state index in [1.54, 1.807) is 0 Å². The van der Waals surface area contributed by atoms with E-state index in [9.17, 15) is 19.2 Å². The average Bonchev–Trinajstić information content (AvgIpc) is 2.53. The minimum atomic E-state index is -0.939. The van der Waals surface area contributed by atoms with Crippen LogP contribution in [0.4, 0.5) is 0 Å². The Kier molecular flexibility index (Phi) is 1.74. The Morgan fingerprint density at radius 2 is 1.87 bits per heavy atom. The van der Waals surface area contributed by atoms with Crippen LogP contribution in [0.25, 0.3) is 11.2 Å². The topological polar surface area (TPSA) is 133 Å². The predicted octanol–water partition coefficient (Wildman–Crippen LogP) is -2.19. The molecule has 0 amide bonds. The van der Waals surface area contributed by atoms with Crippen molar-refractivity contribution >= 4 is 17.2 Å². The molecule has 0 fully saturated rings. The Hall–Kier alpha value is -2.67. The van der Waals surface area contributed by atoms with Gasteiger partial charge in [-0.25, -0.2) is 14.4 Å². The second-order valence-electron chi connectivity index (χ2n) is 2.57. The van der Waals surface area contributed by atoms with Crippen LogP contribution in [-0.4, -0.2) is 25.7 Å². The first-order valence-corrected chi connectivity index (χ1v) is 3.69. The minimum absolute atomic E-state index is 0.0488. The molecule has 0 saturated heterocycles. The van der Waals surface area contributed by atoms with Gasteiger partial charge in [-0.3, -0.25) is 19.7 Å². The molecule has 2 aromatic rings. The minimum Gasteiger partial charge on any atom is -0.300 e. The second-order valence-corrected chi connectivity index (χ2v) is 2.57. The van der Waals surface area contributed by atoms with Crippen LogP contribution in [0.2, 0.25) is 0 Å². The normalized spacial score (nSPS) is 10.1. The lowest BCUT2D eigenvalue weighted by molar-refractivity contribution is 0.557. The van der Waals surface area contributed by atoms with Crippen LogP contribution in [-0.2, 0) is 4.79 Å². The number of imidazole rings is 1. The highest BCUT2D eigenvalue weighted by Crippen LogP contribution is 1.91. The van der Waals surface area contributed by atoms with Crippen LogP contribution in [0.3, 0.4) is 0 Å². The molecule has 3 N–H and O–H groups in total. The molecular formula is C6H3N5O4. The van der Waals surface area contributed by atoms with E-state index in [0.29, 0.717) is 0 Å². The Balaban J connectivity index is 3.09. The van der Waals surface area contributed by atoms with Crippen molar-refractivity contribution in [1.29, 1.82) is 0 Å². The number of fused-ring (bicyclic) bond motifs is 1. The highest BCUT2D eigenvalue weighted by atomic mass is 16.2. The number of nitrogens with zero attached hydrogens (tertiary/aromatic N) is 2. The monoisotopic (exact) mass is 209 g/mol. The summed E-state index contributed by atoms with van der Waals surface area (Å²) in [5.74, 6) is 0. The molecule has 76 valence electrons. The van der Waals surface area contributed by atoms with Gasteiger partial charge in [0.1, 0.15) is 5.65 Å². The van der Waals surface area contributed by atoms with Crippen LogP contribution < -0.4 is 16.9 Å². The summed E-state index contributed by atoms with van der Waals surface area (Å²) in [6.07, 6.45) is 1.05. The average molecular weight is 209 g/mol. The summed E-state index contributed by atoms with van der Waals surface area (Å²) in [4.78, 5) is 49.8. The van der Waals surface area contributed by atoms with Crippen molar-refractivity contribution in [2.45, 2.75) is 0 Å². The molecular weight excluding hydrogens is 206 g/mol. The molecule has 15 heavy (non-hydrogen) atoms. The number of nitrogens with one attached hydrogen (secondary N) is 3. The second kappa shape index (κ2) is 2.93. The molecule has 0 aliphatic rings. The Bertz CT molecular complexity index is 737. The fourth-order valence-electron chi connectivity index (χ4n) is 1.13. The molecule has 0 atom stereocenters. The van der Waals surface area contributed by atoms with Gasteiger partial charge < -0.3 is 0 Å². The van der Waals surface area contributed by atoms with Gasteiger partial charge in [-0.05, 0) is 0 Å². The highest BCUT2D eigenvalue weighted by molar-refractivity contribution is 5.67. The maximum absolute atomic E-state index is 11.4. The van der Waals surface area contributed by atoms with E-state index in [1.807, 2.05) is 0 Å². The van der Waals surface area contributed by atoms with Crippen molar-refractivity contribution in [3.8, 4) is 0 Å². The van der Waals surface area contributed by atoms with E-state index in [2.05, 4.69) is 20.1 Å². The molecule has 9 heteroatoms. The maximum Gasteiger partial charge on any atom is 0.351 e. The Morgan fingerprint density at radius 3 is 2.53 bits per heavy atom. The van der Waals surface area contributed by atoms with Gasteiger partial charge in [0.15, 0.2) is 5.52 Å². The molecule has 2 heterocycles. The third kappa shape index (κ3) is 1.23. The number of isocyanates is 1. The van der Waals surface area contributed by atoms with Crippen LogP contribution in [0.1, 0.15) is 0 Å². The molecule has 0 saturated carbocycles. The van der Waals surface area contributed by atoms with Gasteiger partial charge in [-0.1, -0.05) is 5.10 Å². The van der Waals surface area contributed by atoms with Gasteiger partial charge in [0, 0.05) is 0 Å². The lowest BCUT2D eigenvalue weighted by atomic mass is 10.5. The summed E-state index contributed by atoms with van der Waals surface area (Å²) in [6.45, 7) is 0. The number of hydrogen-bond donors (Lipinski definition) is 3. The summed E-state index contributed by atoms with van der Waals surface area (Å²) in [5.41, 5.74) is -2.71. The van der Waals surface area contributed by atoms with Crippen molar-refractivity contribution < 1.29 is 4.79 Å². The molecule has 0 spiro atoms. The maximum atomic E-state index is 11.4. The molecule has 0 aliphatic heterocycles. The quantitative estimate of drug-likeness (QED) is 0.363. The zero-order valence-electron chi connectivity index (χ0n) is 7.03. The first kappa shape index (κ1) is 8.91. The van der Waals surface area contributed by atoms with Crippen LogP contribution in [0, 0.1) is 0 Å². The number of H-pyrrole nitrogens is 3. The summed E-state index contributed by atoms with van der Waals surface area (Å²) in [5, 5.41) is 2.88. The number of aromatic amines is 3. The van der Waals surface area contributed by atoms with E-state index in [0.717, 1.165) is 6.08 Å². The van der Waals surface area contributed by atoms with Gasteiger partial charge in [-0.2, -0.15) is 0 Å². The van der Waals surface area contributed by atoms with Crippen molar-refractivity contribution in [1.82, 2.24) is 19.6 Å². The molecule has 0 unspecified atom stereocenters. The van der Waals surface area contributed by atoms with Gasteiger partial charge in [0.2, 0.25) is 0 Å². The summed E-state index contributed by atoms with van der Waals surface area (Å²) in [6, 6.07) is 0. The molecule has 0 radical (unpaired) electrons. The van der Waals surface area contributed by atoms with Crippen molar-refractivity contribution in [3.63, 3.8) is 0 Å². The SMILES string of the molecule is O=C=Nn1c(=O)[nH]c2[nH]c(=O)[nH]c2c1=O. The van der Waals surface area contributed by atoms with Crippen molar-refractivity contribution in [2.75, 3.05) is 0 Å². The third-order valence-corrected chi connectivity index (χ3v) is 1.70. The smallest absolute Gasteiger partial charge is 0.300 e. The number of aromatic nitrogens is 4. The number of hydrogen-bond acceptors (Lipinski definition) is 5. The van der Waals surface area contributed by atoms with E-state index in [-0.39, 0.29) is 15.8 Å². The van der Waals surface area contributed by atoms with Crippen LogP contribution >= 0.6 is 0 Å². The van der Waals surface area contributed by atoms with Gasteiger partial charge >= 0.3 is 16.9 Å². The lowest BCUT2D eigenvalue weighted by Gasteiger charge is -1.92. The van der Waals surface area contributed by atoms with Gasteiger partial charge in [-0.15, -0.1) is 4.68 Å². The van der Waals surface area contributed by atoms with E-state index >= 15 is 0 Å². The first-order valence-electron chi connectivity index (χ1n) is 3.69. The number of carbonyl (C=O) groups excluding carboxylic acids is 1. The zero-order chi connectivity index (χ0) is 11.0. The largest absolute Gasteiger partial charge is 0.351 e. The third-order valence-electron chi connectivity index (χ3n) is 1.70. The van der Waals surface area contributed by atoms with E-state index in [1.165, 1.54) is 0 Å². The van der Waals surface area contributed by atoms with E-state index in [4.69, 9.17) is 0 Å². The summed E-state index contributed by atoms with van der Waals surface area (Å²) in [7, 11) is 0. The zero-order valence-corrected chi connectivity index (χ0v) is 7.03. The predicted molar refractivity (Wildman–Crippen MR) is 47.3 cm³/mol. The Labute approximate surface area is 79.1 Å². The van der Waals surface area contributed by atoms with Crippen LogP contribution in [0.5, 0.6) is 0 Å². The van der Waals surface area contributed by atoms with Crippen LogP contribution in [0.15, 0.2) is 19.5 Å². The molecule has 2 rings (SSSR count). The Morgan fingerprint density at radius 1 is 1.13 bits per heavy atom. The standard InChI is InChI=1S/C6H3N5O4/c12-1-7-11-4(13)2-3(10-6(11)15)9-5(14)8-2/h(H,10,15)(H2,8,9,14). The molecule has 9 nitrogen and oxygen atoms in total. The first-order chi connectivity index (χ1) is 7.13. The highest BCUT2D eigenvalue weighted by Gasteiger charge is 2.09. The molecule has 2 aromatic heterocycles. The molecule has 0 aromatic carbocycles. The van der Waals surface area contributed by atoms with Gasteiger partial charge in [0.05, 0.1) is 0 Å². The number of rotatable bonds is 1. The van der Waals surface area contributed by atoms with E-state index < -0.39 is 16.9 Å². The van der Waals surface area contributed by atoms with Gasteiger partial charge in [0.25, 0.3) is 6.08 Å². The fraction of sp³-hybridized carbons (Fsp3) is 0. The summed E-state index contributed by atoms with van der Waals surface area (Å²) < 4.78 is 0.263. The van der Waals surface area contributed by atoms with Crippen molar-refractivity contribution in [2.24, 2.45) is 5.10 Å². The molecule has 0 bridgehead atoms. The van der Waals surface area contributed by atoms with Crippen molar-refractivity contribution in [3.05, 3.63) is 31.3 Å². The summed E-state index contributed by atoms with van der Waals surface area (Å²) >= 11 is 0.